The summed E-state index contributed by atoms with van der Waals surface area (Å²) in [4.78, 5) is 29.5. The number of thiophene rings is 1. The van der Waals surface area contributed by atoms with Crippen molar-refractivity contribution < 1.29 is 13.9 Å². The lowest BCUT2D eigenvalue weighted by atomic mass is 10.2. The van der Waals surface area contributed by atoms with Crippen molar-refractivity contribution >= 4 is 56.2 Å². The average Bonchev–Trinajstić information content (AvgIpc) is 3.24. The molecule has 0 saturated heterocycles. The van der Waals surface area contributed by atoms with Crippen LogP contribution in [0.5, 0.6) is 0 Å². The van der Waals surface area contributed by atoms with E-state index < -0.39 is 5.97 Å². The topological polar surface area (TPSA) is 117 Å². The highest BCUT2D eigenvalue weighted by Crippen LogP contribution is 2.32. The molecular formula is C17H15N5O3S2. The Morgan fingerprint density at radius 1 is 1.37 bits per heavy atom. The lowest BCUT2D eigenvalue weighted by Gasteiger charge is -2.04. The van der Waals surface area contributed by atoms with Crippen molar-refractivity contribution in [3.05, 3.63) is 34.9 Å². The number of hydrogen-bond acceptors (Lipinski definition) is 10. The third-order valence-electron chi connectivity index (χ3n) is 3.83. The smallest absolute Gasteiger partial charge is 0.342 e. The molecule has 8 nitrogen and oxygen atoms in total. The van der Waals surface area contributed by atoms with Crippen LogP contribution in [0.4, 0.5) is 5.82 Å². The molecule has 27 heavy (non-hydrogen) atoms. The van der Waals surface area contributed by atoms with Gasteiger partial charge in [-0.25, -0.2) is 19.7 Å². The Morgan fingerprint density at radius 2 is 2.22 bits per heavy atom. The van der Waals surface area contributed by atoms with E-state index in [1.54, 1.807) is 25.2 Å². The molecule has 0 aliphatic heterocycles. The molecule has 138 valence electrons. The van der Waals surface area contributed by atoms with Gasteiger partial charge in [0.2, 0.25) is 5.71 Å². The van der Waals surface area contributed by atoms with Gasteiger partial charge in [0, 0.05) is 0 Å². The number of aromatic nitrogens is 4. The number of furan rings is 1. The van der Waals surface area contributed by atoms with E-state index in [2.05, 4.69) is 19.9 Å². The van der Waals surface area contributed by atoms with Gasteiger partial charge < -0.3 is 14.9 Å². The number of carbonyl (C=O) groups is 1. The van der Waals surface area contributed by atoms with E-state index in [4.69, 9.17) is 14.9 Å². The summed E-state index contributed by atoms with van der Waals surface area (Å²) in [6.45, 7) is 3.68. The second kappa shape index (κ2) is 7.12. The number of thioether (sulfide) groups is 1. The van der Waals surface area contributed by atoms with E-state index in [0.29, 0.717) is 22.7 Å². The van der Waals surface area contributed by atoms with Crippen LogP contribution in [-0.2, 0) is 10.5 Å². The maximum atomic E-state index is 12.2. The van der Waals surface area contributed by atoms with Gasteiger partial charge >= 0.3 is 5.97 Å². The Hall–Kier alpha value is -2.72. The SMILES string of the molecule is CCOC(=O)c1c(C)oc2nc(CSc3ncnc4ccsc34)nc(N)c12. The van der Waals surface area contributed by atoms with E-state index >= 15 is 0 Å². The molecule has 4 rings (SSSR count). The van der Waals surface area contributed by atoms with Crippen molar-refractivity contribution in [3.8, 4) is 0 Å². The van der Waals surface area contributed by atoms with Gasteiger partial charge in [0.15, 0.2) is 0 Å². The van der Waals surface area contributed by atoms with Crippen molar-refractivity contribution in [1.29, 1.82) is 0 Å². The van der Waals surface area contributed by atoms with Crippen LogP contribution in [-0.4, -0.2) is 32.5 Å². The standard InChI is InChI=1S/C17H15N5O3S2/c1-3-24-17(23)11-8(2)25-15-12(11)14(18)21-10(22-15)6-27-16-13-9(4-5-26-13)19-7-20-16/h4-5,7H,3,6H2,1-2H3,(H2,18,21,22). The van der Waals surface area contributed by atoms with E-state index in [9.17, 15) is 4.79 Å². The maximum absolute atomic E-state index is 12.2. The van der Waals surface area contributed by atoms with Crippen LogP contribution in [0.15, 0.2) is 27.2 Å². The molecule has 0 aliphatic carbocycles. The van der Waals surface area contributed by atoms with Crippen LogP contribution in [0, 0.1) is 6.92 Å². The van der Waals surface area contributed by atoms with Gasteiger partial charge in [0.05, 0.1) is 28.0 Å². The quantitative estimate of drug-likeness (QED) is 0.304. The molecule has 0 radical (unpaired) electrons. The number of esters is 1. The Labute approximate surface area is 162 Å². The number of rotatable bonds is 5. The predicted molar refractivity (Wildman–Crippen MR) is 104 cm³/mol. The van der Waals surface area contributed by atoms with Gasteiger partial charge in [-0.05, 0) is 25.3 Å². The van der Waals surface area contributed by atoms with Gasteiger partial charge in [0.25, 0.3) is 0 Å². The summed E-state index contributed by atoms with van der Waals surface area (Å²) in [7, 11) is 0. The van der Waals surface area contributed by atoms with Crippen LogP contribution >= 0.6 is 23.1 Å². The Balaban J connectivity index is 1.66. The molecule has 0 unspecified atom stereocenters. The van der Waals surface area contributed by atoms with Crippen LogP contribution in [0.25, 0.3) is 21.3 Å². The van der Waals surface area contributed by atoms with Gasteiger partial charge in [-0.1, -0.05) is 11.8 Å². The maximum Gasteiger partial charge on any atom is 0.342 e. The molecule has 0 amide bonds. The minimum Gasteiger partial charge on any atom is -0.462 e. The summed E-state index contributed by atoms with van der Waals surface area (Å²) in [5.74, 6) is 1.06. The fourth-order valence-electron chi connectivity index (χ4n) is 2.70. The minimum atomic E-state index is -0.493. The largest absolute Gasteiger partial charge is 0.462 e. The second-order valence-corrected chi connectivity index (χ2v) is 7.44. The van der Waals surface area contributed by atoms with Gasteiger partial charge in [0.1, 0.15) is 34.3 Å². The zero-order valence-electron chi connectivity index (χ0n) is 14.6. The number of nitrogens with zero attached hydrogens (tertiary/aromatic N) is 4. The van der Waals surface area contributed by atoms with E-state index in [1.807, 2.05) is 11.4 Å². The van der Waals surface area contributed by atoms with E-state index in [-0.39, 0.29) is 23.7 Å². The lowest BCUT2D eigenvalue weighted by molar-refractivity contribution is 0.0526. The second-order valence-electron chi connectivity index (χ2n) is 5.56. The first-order valence-electron chi connectivity index (χ1n) is 8.12. The summed E-state index contributed by atoms with van der Waals surface area (Å²) >= 11 is 3.08. The number of anilines is 1. The fourth-order valence-corrected chi connectivity index (χ4v) is 4.50. The summed E-state index contributed by atoms with van der Waals surface area (Å²) in [6.07, 6.45) is 1.54. The van der Waals surface area contributed by atoms with Crippen molar-refractivity contribution in [1.82, 2.24) is 19.9 Å². The molecule has 0 aromatic carbocycles. The molecule has 0 fully saturated rings. The predicted octanol–water partition coefficient (Wildman–Crippen LogP) is 3.59. The van der Waals surface area contributed by atoms with Crippen LogP contribution < -0.4 is 5.73 Å². The molecule has 10 heteroatoms. The van der Waals surface area contributed by atoms with E-state index in [0.717, 1.165) is 15.2 Å². The lowest BCUT2D eigenvalue weighted by Crippen LogP contribution is -2.07. The van der Waals surface area contributed by atoms with Gasteiger partial charge in [-0.15, -0.1) is 11.3 Å². The average molecular weight is 401 g/mol. The van der Waals surface area contributed by atoms with E-state index in [1.165, 1.54) is 18.1 Å². The molecule has 0 spiro atoms. The molecule has 2 N–H and O–H groups in total. The molecule has 4 heterocycles. The van der Waals surface area contributed by atoms with Crippen molar-refractivity contribution in [3.63, 3.8) is 0 Å². The normalized spacial score (nSPS) is 11.3. The Kier molecular flexibility index (Phi) is 4.66. The summed E-state index contributed by atoms with van der Waals surface area (Å²) in [5.41, 5.74) is 7.57. The van der Waals surface area contributed by atoms with Crippen molar-refractivity contribution in [2.45, 2.75) is 24.6 Å². The highest BCUT2D eigenvalue weighted by Gasteiger charge is 2.24. The number of nitrogen functional groups attached to an aromatic ring is 1. The molecule has 4 aromatic rings. The number of carbonyl (C=O) groups excluding carboxylic acids is 1. The summed E-state index contributed by atoms with van der Waals surface area (Å²) in [6, 6.07) is 1.95. The summed E-state index contributed by atoms with van der Waals surface area (Å²) < 4.78 is 11.7. The zero-order valence-corrected chi connectivity index (χ0v) is 16.2. The molecule has 4 aromatic heterocycles. The molecule has 0 saturated carbocycles. The zero-order chi connectivity index (χ0) is 19.0. The Morgan fingerprint density at radius 3 is 3.04 bits per heavy atom. The number of ether oxygens (including phenoxy) is 1. The molecule has 0 aliphatic rings. The first kappa shape index (κ1) is 17.7. The molecule has 0 atom stereocenters. The third kappa shape index (κ3) is 3.21. The minimum absolute atomic E-state index is 0.194. The highest BCUT2D eigenvalue weighted by molar-refractivity contribution is 7.98. The van der Waals surface area contributed by atoms with Crippen LogP contribution in [0.3, 0.4) is 0 Å². The first-order chi connectivity index (χ1) is 13.1. The van der Waals surface area contributed by atoms with Crippen LogP contribution in [0.1, 0.15) is 28.9 Å². The summed E-state index contributed by atoms with van der Waals surface area (Å²) in [5, 5.41) is 3.23. The number of aryl methyl sites for hydroxylation is 1. The van der Waals surface area contributed by atoms with Crippen molar-refractivity contribution in [2.75, 3.05) is 12.3 Å². The Bertz CT molecular complexity index is 1150. The highest BCUT2D eigenvalue weighted by atomic mass is 32.2. The fraction of sp³-hybridized carbons (Fsp3) is 0.235. The number of fused-ring (bicyclic) bond motifs is 2. The van der Waals surface area contributed by atoms with Crippen LogP contribution in [0.2, 0.25) is 0 Å². The van der Waals surface area contributed by atoms with Gasteiger partial charge in [-0.2, -0.15) is 4.98 Å². The van der Waals surface area contributed by atoms with Gasteiger partial charge in [-0.3, -0.25) is 0 Å². The number of hydrogen-bond donors (Lipinski definition) is 1. The van der Waals surface area contributed by atoms with Crippen molar-refractivity contribution in [2.24, 2.45) is 0 Å². The number of nitrogens with two attached hydrogens (primary N) is 1. The molecule has 0 bridgehead atoms. The first-order valence-corrected chi connectivity index (χ1v) is 9.98. The monoisotopic (exact) mass is 401 g/mol. The molecular weight excluding hydrogens is 386 g/mol. The third-order valence-corrected chi connectivity index (χ3v) is 5.86.